The lowest BCUT2D eigenvalue weighted by atomic mass is 10.1. The zero-order chi connectivity index (χ0) is 20.1. The normalized spacial score (nSPS) is 12.1. The van der Waals surface area contributed by atoms with E-state index in [0.717, 1.165) is 11.6 Å². The summed E-state index contributed by atoms with van der Waals surface area (Å²) in [5.41, 5.74) is 0.921. The molecule has 3 N–H and O–H groups in total. The van der Waals surface area contributed by atoms with Crippen LogP contribution in [0.2, 0.25) is 25.7 Å². The summed E-state index contributed by atoms with van der Waals surface area (Å²) in [5, 5.41) is 14.7. The highest BCUT2D eigenvalue weighted by atomic mass is 28.3. The maximum atomic E-state index is 11.7. The standard InChI is InChI=1S/C19H32N2O5Si/c1-27(2,3)13-12-25-19(24)21-17(14-22)10-7-11-20-18(23)26-15-16-8-5-4-6-9-16/h4-6,8-9,17,22H,7,10-15H2,1-3H3,(H,20,23)(H,21,24)/t17-/m1/s1. The molecule has 8 heteroatoms. The van der Waals surface area contributed by atoms with Crippen LogP contribution in [0.1, 0.15) is 18.4 Å². The summed E-state index contributed by atoms with van der Waals surface area (Å²) in [6.07, 6.45) is 0.125. The molecule has 0 spiro atoms. The molecule has 0 aromatic heterocycles. The van der Waals surface area contributed by atoms with Crippen molar-refractivity contribution >= 4 is 20.3 Å². The largest absolute Gasteiger partial charge is 0.450 e. The zero-order valence-electron chi connectivity index (χ0n) is 16.5. The highest BCUT2D eigenvalue weighted by Gasteiger charge is 2.16. The van der Waals surface area contributed by atoms with Gasteiger partial charge in [0, 0.05) is 14.6 Å². The number of hydrogen-bond acceptors (Lipinski definition) is 5. The van der Waals surface area contributed by atoms with Gasteiger partial charge in [-0.3, -0.25) is 0 Å². The SMILES string of the molecule is C[Si](C)(C)CCOC(=O)N[C@@H](CO)CCCNC(=O)OCc1ccccc1. The molecule has 0 radical (unpaired) electrons. The minimum absolute atomic E-state index is 0.179. The van der Waals surface area contributed by atoms with Crippen molar-refractivity contribution in [2.45, 2.75) is 51.2 Å². The van der Waals surface area contributed by atoms with Gasteiger partial charge >= 0.3 is 12.2 Å². The molecule has 1 atom stereocenters. The van der Waals surface area contributed by atoms with Gasteiger partial charge in [-0.05, 0) is 24.4 Å². The van der Waals surface area contributed by atoms with Gasteiger partial charge in [-0.15, -0.1) is 0 Å². The van der Waals surface area contributed by atoms with E-state index >= 15 is 0 Å². The summed E-state index contributed by atoms with van der Waals surface area (Å²) >= 11 is 0. The lowest BCUT2D eigenvalue weighted by molar-refractivity contribution is 0.135. The van der Waals surface area contributed by atoms with Crippen LogP contribution >= 0.6 is 0 Å². The van der Waals surface area contributed by atoms with Crippen LogP contribution in [-0.2, 0) is 16.1 Å². The molecule has 0 aliphatic rings. The minimum Gasteiger partial charge on any atom is -0.450 e. The number of amides is 2. The van der Waals surface area contributed by atoms with Crippen LogP contribution in [0.3, 0.4) is 0 Å². The highest BCUT2D eigenvalue weighted by molar-refractivity contribution is 6.76. The van der Waals surface area contributed by atoms with E-state index in [-0.39, 0.29) is 13.2 Å². The van der Waals surface area contributed by atoms with Gasteiger partial charge in [-0.2, -0.15) is 0 Å². The molecule has 0 aliphatic carbocycles. The van der Waals surface area contributed by atoms with Gasteiger partial charge in [0.15, 0.2) is 0 Å². The van der Waals surface area contributed by atoms with Crippen LogP contribution in [-0.4, -0.2) is 51.2 Å². The Hall–Kier alpha value is -2.06. The van der Waals surface area contributed by atoms with Crippen LogP contribution in [0.15, 0.2) is 30.3 Å². The van der Waals surface area contributed by atoms with E-state index in [9.17, 15) is 14.7 Å². The Kier molecular flexibility index (Phi) is 10.5. The summed E-state index contributed by atoms with van der Waals surface area (Å²) in [5.74, 6) is 0. The van der Waals surface area contributed by atoms with Crippen LogP contribution in [0.5, 0.6) is 0 Å². The van der Waals surface area contributed by atoms with E-state index in [1.807, 2.05) is 30.3 Å². The average molecular weight is 397 g/mol. The van der Waals surface area contributed by atoms with E-state index in [1.165, 1.54) is 0 Å². The van der Waals surface area contributed by atoms with Crippen molar-refractivity contribution in [1.29, 1.82) is 0 Å². The first-order chi connectivity index (χ1) is 12.8. The summed E-state index contributed by atoms with van der Waals surface area (Å²) in [4.78, 5) is 23.4. The van der Waals surface area contributed by atoms with Crippen molar-refractivity contribution < 1.29 is 24.2 Å². The van der Waals surface area contributed by atoms with E-state index in [0.29, 0.717) is 26.0 Å². The Labute approximate surface area is 162 Å². The third-order valence-electron chi connectivity index (χ3n) is 3.84. The Morgan fingerprint density at radius 3 is 2.44 bits per heavy atom. The maximum absolute atomic E-state index is 11.7. The second-order valence-electron chi connectivity index (χ2n) is 7.60. The average Bonchev–Trinajstić information content (AvgIpc) is 2.62. The molecule has 0 heterocycles. The lowest BCUT2D eigenvalue weighted by Crippen LogP contribution is -2.39. The molecule has 152 valence electrons. The topological polar surface area (TPSA) is 96.9 Å². The molecule has 7 nitrogen and oxygen atoms in total. The first-order valence-electron chi connectivity index (χ1n) is 9.29. The van der Waals surface area contributed by atoms with Gasteiger partial charge < -0.3 is 25.2 Å². The van der Waals surface area contributed by atoms with Gasteiger partial charge in [-0.1, -0.05) is 50.0 Å². The molecule has 0 aliphatic heterocycles. The van der Waals surface area contributed by atoms with E-state index < -0.39 is 26.3 Å². The number of carbonyl (C=O) groups excluding carboxylic acids is 2. The van der Waals surface area contributed by atoms with Gasteiger partial charge in [0.1, 0.15) is 6.61 Å². The van der Waals surface area contributed by atoms with Crippen LogP contribution in [0, 0.1) is 0 Å². The fourth-order valence-corrected chi connectivity index (χ4v) is 2.89. The second kappa shape index (κ2) is 12.3. The predicted molar refractivity (Wildman–Crippen MR) is 107 cm³/mol. The predicted octanol–water partition coefficient (Wildman–Crippen LogP) is 3.12. The van der Waals surface area contributed by atoms with Gasteiger partial charge in [-0.25, -0.2) is 9.59 Å². The maximum Gasteiger partial charge on any atom is 0.407 e. The molecular weight excluding hydrogens is 364 g/mol. The first kappa shape index (κ1) is 23.0. The quantitative estimate of drug-likeness (QED) is 0.394. The van der Waals surface area contributed by atoms with Crippen molar-refractivity contribution in [1.82, 2.24) is 10.6 Å². The van der Waals surface area contributed by atoms with E-state index in [4.69, 9.17) is 9.47 Å². The molecule has 0 saturated heterocycles. The van der Waals surface area contributed by atoms with Crippen molar-refractivity contribution in [3.05, 3.63) is 35.9 Å². The van der Waals surface area contributed by atoms with E-state index in [1.54, 1.807) is 0 Å². The summed E-state index contributed by atoms with van der Waals surface area (Å²) in [6.45, 7) is 7.47. The van der Waals surface area contributed by atoms with Crippen molar-refractivity contribution in [3.8, 4) is 0 Å². The fourth-order valence-electron chi connectivity index (χ4n) is 2.18. The summed E-state index contributed by atoms with van der Waals surface area (Å²) in [6, 6.07) is 9.94. The minimum atomic E-state index is -1.24. The van der Waals surface area contributed by atoms with Crippen molar-refractivity contribution in [3.63, 3.8) is 0 Å². The summed E-state index contributed by atoms with van der Waals surface area (Å²) in [7, 11) is -1.24. The smallest absolute Gasteiger partial charge is 0.407 e. The molecule has 0 saturated carbocycles. The number of benzene rings is 1. The van der Waals surface area contributed by atoms with Crippen LogP contribution in [0.25, 0.3) is 0 Å². The molecule has 27 heavy (non-hydrogen) atoms. The molecule has 1 aromatic rings. The van der Waals surface area contributed by atoms with E-state index in [2.05, 4.69) is 30.3 Å². The highest BCUT2D eigenvalue weighted by Crippen LogP contribution is 2.07. The molecular formula is C19H32N2O5Si. The Morgan fingerprint density at radius 2 is 1.81 bits per heavy atom. The lowest BCUT2D eigenvalue weighted by Gasteiger charge is -2.18. The third kappa shape index (κ3) is 12.0. The number of carbonyl (C=O) groups is 2. The Bertz CT molecular complexity index is 563. The third-order valence-corrected chi connectivity index (χ3v) is 5.54. The Morgan fingerprint density at radius 1 is 1.11 bits per heavy atom. The number of aliphatic hydroxyl groups excluding tert-OH is 1. The molecule has 0 unspecified atom stereocenters. The van der Waals surface area contributed by atoms with Crippen LogP contribution in [0.4, 0.5) is 9.59 Å². The molecule has 0 fully saturated rings. The first-order valence-corrected chi connectivity index (χ1v) is 13.0. The van der Waals surface area contributed by atoms with Crippen LogP contribution < -0.4 is 10.6 Å². The number of rotatable bonds is 11. The number of aliphatic hydroxyl groups is 1. The van der Waals surface area contributed by atoms with Gasteiger partial charge in [0.25, 0.3) is 0 Å². The summed E-state index contributed by atoms with van der Waals surface area (Å²) < 4.78 is 10.3. The number of alkyl carbamates (subject to hydrolysis) is 2. The fraction of sp³-hybridized carbons (Fsp3) is 0.579. The zero-order valence-corrected chi connectivity index (χ0v) is 17.5. The number of ether oxygens (including phenoxy) is 2. The van der Waals surface area contributed by atoms with Crippen molar-refractivity contribution in [2.24, 2.45) is 0 Å². The molecule has 2 amide bonds. The van der Waals surface area contributed by atoms with Gasteiger partial charge in [0.2, 0.25) is 0 Å². The molecule has 1 rings (SSSR count). The number of hydrogen-bond donors (Lipinski definition) is 3. The second-order valence-corrected chi connectivity index (χ2v) is 13.2. The molecule has 1 aromatic carbocycles. The van der Waals surface area contributed by atoms with Crippen molar-refractivity contribution in [2.75, 3.05) is 19.8 Å². The monoisotopic (exact) mass is 396 g/mol. The van der Waals surface area contributed by atoms with Gasteiger partial charge in [0.05, 0.1) is 19.3 Å². The Balaban J connectivity index is 2.13. The number of nitrogens with one attached hydrogen (secondary N) is 2. The molecule has 0 bridgehead atoms.